The number of hydrogen-bond acceptors (Lipinski definition) is 1. The molecule has 0 spiro atoms. The SMILES string of the molecule is CC(C)C1=CC(c2cccnc2)=CCC1. The van der Waals surface area contributed by atoms with E-state index in [-0.39, 0.29) is 0 Å². The molecular formula is C14H17N. The molecule has 1 aromatic heterocycles. The van der Waals surface area contributed by atoms with Gasteiger partial charge in [0.1, 0.15) is 0 Å². The molecule has 1 heterocycles. The second-order valence-electron chi connectivity index (χ2n) is 4.31. The predicted molar refractivity (Wildman–Crippen MR) is 64.4 cm³/mol. The van der Waals surface area contributed by atoms with Crippen molar-refractivity contribution in [3.05, 3.63) is 47.8 Å². The van der Waals surface area contributed by atoms with Crippen LogP contribution in [-0.2, 0) is 0 Å². The number of allylic oxidation sites excluding steroid dienone is 4. The van der Waals surface area contributed by atoms with Crippen molar-refractivity contribution in [2.75, 3.05) is 0 Å². The number of nitrogens with zero attached hydrogens (tertiary/aromatic N) is 1. The molecule has 0 aromatic carbocycles. The van der Waals surface area contributed by atoms with Gasteiger partial charge < -0.3 is 0 Å². The topological polar surface area (TPSA) is 12.9 Å². The highest BCUT2D eigenvalue weighted by Gasteiger charge is 2.09. The maximum atomic E-state index is 4.16. The highest BCUT2D eigenvalue weighted by atomic mass is 14.6. The zero-order valence-electron chi connectivity index (χ0n) is 9.40. The van der Waals surface area contributed by atoms with Crippen molar-refractivity contribution < 1.29 is 0 Å². The molecule has 15 heavy (non-hydrogen) atoms. The molecule has 0 N–H and O–H groups in total. The molecule has 0 amide bonds. The van der Waals surface area contributed by atoms with Crippen molar-refractivity contribution in [3.63, 3.8) is 0 Å². The Morgan fingerprint density at radius 2 is 2.20 bits per heavy atom. The average Bonchev–Trinajstić information content (AvgIpc) is 2.30. The second kappa shape index (κ2) is 4.43. The largest absolute Gasteiger partial charge is 0.264 e. The van der Waals surface area contributed by atoms with Crippen molar-refractivity contribution in [1.82, 2.24) is 4.98 Å². The lowest BCUT2D eigenvalue weighted by atomic mass is 9.89. The van der Waals surface area contributed by atoms with Gasteiger partial charge >= 0.3 is 0 Å². The summed E-state index contributed by atoms with van der Waals surface area (Å²) in [6, 6.07) is 4.12. The summed E-state index contributed by atoms with van der Waals surface area (Å²) in [5, 5.41) is 0. The molecule has 0 aliphatic heterocycles. The van der Waals surface area contributed by atoms with Crippen molar-refractivity contribution in [2.45, 2.75) is 26.7 Å². The van der Waals surface area contributed by atoms with Crippen LogP contribution in [0.25, 0.3) is 5.57 Å². The third kappa shape index (κ3) is 2.35. The van der Waals surface area contributed by atoms with Crippen LogP contribution in [0.15, 0.2) is 42.3 Å². The molecule has 0 fully saturated rings. The van der Waals surface area contributed by atoms with E-state index in [1.165, 1.54) is 17.6 Å². The van der Waals surface area contributed by atoms with Gasteiger partial charge in [-0.25, -0.2) is 0 Å². The van der Waals surface area contributed by atoms with Crippen LogP contribution in [0.3, 0.4) is 0 Å². The normalized spacial score (nSPS) is 16.2. The Hall–Kier alpha value is -1.37. The van der Waals surface area contributed by atoms with Gasteiger partial charge in [-0.15, -0.1) is 0 Å². The van der Waals surface area contributed by atoms with Crippen molar-refractivity contribution in [2.24, 2.45) is 5.92 Å². The quantitative estimate of drug-likeness (QED) is 0.705. The van der Waals surface area contributed by atoms with Crippen LogP contribution in [0.4, 0.5) is 0 Å². The van der Waals surface area contributed by atoms with E-state index in [2.05, 4.69) is 37.0 Å². The van der Waals surface area contributed by atoms with Crippen LogP contribution < -0.4 is 0 Å². The number of aromatic nitrogens is 1. The monoisotopic (exact) mass is 199 g/mol. The van der Waals surface area contributed by atoms with Gasteiger partial charge in [0.05, 0.1) is 0 Å². The molecule has 0 radical (unpaired) electrons. The highest BCUT2D eigenvalue weighted by molar-refractivity contribution is 5.75. The molecule has 1 aromatic rings. The summed E-state index contributed by atoms with van der Waals surface area (Å²) in [5.74, 6) is 0.658. The standard InChI is InChI=1S/C14H17N/c1-11(2)12-5-3-6-13(9-12)14-7-4-8-15-10-14/h4,6-11H,3,5H2,1-2H3. The van der Waals surface area contributed by atoms with Crippen LogP contribution in [0.1, 0.15) is 32.3 Å². The first-order chi connectivity index (χ1) is 7.27. The Morgan fingerprint density at radius 1 is 1.33 bits per heavy atom. The summed E-state index contributed by atoms with van der Waals surface area (Å²) in [6.07, 6.45) is 10.8. The van der Waals surface area contributed by atoms with E-state index >= 15 is 0 Å². The van der Waals surface area contributed by atoms with Crippen molar-refractivity contribution in [1.29, 1.82) is 0 Å². The highest BCUT2D eigenvalue weighted by Crippen LogP contribution is 2.28. The third-order valence-corrected chi connectivity index (χ3v) is 2.87. The van der Waals surface area contributed by atoms with Crippen molar-refractivity contribution >= 4 is 5.57 Å². The molecule has 0 atom stereocenters. The minimum atomic E-state index is 0.658. The first-order valence-corrected chi connectivity index (χ1v) is 5.58. The lowest BCUT2D eigenvalue weighted by molar-refractivity contribution is 0.711. The fraction of sp³-hybridized carbons (Fsp3) is 0.357. The second-order valence-corrected chi connectivity index (χ2v) is 4.31. The first-order valence-electron chi connectivity index (χ1n) is 5.58. The maximum Gasteiger partial charge on any atom is 0.0346 e. The molecule has 1 heteroatoms. The fourth-order valence-corrected chi connectivity index (χ4v) is 1.92. The molecule has 0 bridgehead atoms. The third-order valence-electron chi connectivity index (χ3n) is 2.87. The van der Waals surface area contributed by atoms with Gasteiger partial charge in [0.2, 0.25) is 0 Å². The lowest BCUT2D eigenvalue weighted by Gasteiger charge is -2.16. The molecule has 0 saturated heterocycles. The average molecular weight is 199 g/mol. The number of pyridine rings is 1. The minimum absolute atomic E-state index is 0.658. The molecule has 0 unspecified atom stereocenters. The Kier molecular flexibility index (Phi) is 3.00. The number of hydrogen-bond donors (Lipinski definition) is 0. The van der Waals surface area contributed by atoms with Crippen LogP contribution >= 0.6 is 0 Å². The van der Waals surface area contributed by atoms with E-state index in [9.17, 15) is 0 Å². The maximum absolute atomic E-state index is 4.16. The summed E-state index contributed by atoms with van der Waals surface area (Å²) in [7, 11) is 0. The Labute approximate surface area is 91.6 Å². The summed E-state index contributed by atoms with van der Waals surface area (Å²) in [6.45, 7) is 4.52. The smallest absolute Gasteiger partial charge is 0.0346 e. The van der Waals surface area contributed by atoms with Gasteiger partial charge in [-0.05, 0) is 36.0 Å². The molecular weight excluding hydrogens is 182 g/mol. The number of rotatable bonds is 2. The summed E-state index contributed by atoms with van der Waals surface area (Å²) in [4.78, 5) is 4.16. The molecule has 0 saturated carbocycles. The first kappa shape index (κ1) is 10.2. The zero-order valence-corrected chi connectivity index (χ0v) is 9.40. The Morgan fingerprint density at radius 3 is 2.87 bits per heavy atom. The van der Waals surface area contributed by atoms with Gasteiger partial charge in [0.15, 0.2) is 0 Å². The zero-order chi connectivity index (χ0) is 10.7. The van der Waals surface area contributed by atoms with Gasteiger partial charge in [-0.1, -0.05) is 37.6 Å². The van der Waals surface area contributed by atoms with E-state index in [0.717, 1.165) is 6.42 Å². The molecule has 2 rings (SSSR count). The molecule has 78 valence electrons. The molecule has 1 aliphatic rings. The minimum Gasteiger partial charge on any atom is -0.264 e. The van der Waals surface area contributed by atoms with E-state index in [4.69, 9.17) is 0 Å². The Bertz CT molecular complexity index is 385. The molecule has 1 nitrogen and oxygen atoms in total. The van der Waals surface area contributed by atoms with Gasteiger partial charge in [0.25, 0.3) is 0 Å². The van der Waals surface area contributed by atoms with E-state index in [0.29, 0.717) is 5.92 Å². The molecule has 1 aliphatic carbocycles. The lowest BCUT2D eigenvalue weighted by Crippen LogP contribution is -1.99. The van der Waals surface area contributed by atoms with E-state index in [1.54, 1.807) is 5.57 Å². The van der Waals surface area contributed by atoms with E-state index in [1.807, 2.05) is 18.5 Å². The fourth-order valence-electron chi connectivity index (χ4n) is 1.92. The predicted octanol–water partition coefficient (Wildman–Crippen LogP) is 3.84. The van der Waals surface area contributed by atoms with Crippen LogP contribution in [0.5, 0.6) is 0 Å². The summed E-state index contributed by atoms with van der Waals surface area (Å²) in [5.41, 5.74) is 4.12. The Balaban J connectivity index is 2.28. The van der Waals surface area contributed by atoms with Crippen LogP contribution in [-0.4, -0.2) is 4.98 Å². The van der Waals surface area contributed by atoms with Gasteiger partial charge in [-0.2, -0.15) is 0 Å². The van der Waals surface area contributed by atoms with E-state index < -0.39 is 0 Å². The summed E-state index contributed by atoms with van der Waals surface area (Å²) >= 11 is 0. The van der Waals surface area contributed by atoms with Gasteiger partial charge in [0, 0.05) is 12.4 Å². The van der Waals surface area contributed by atoms with Crippen molar-refractivity contribution in [3.8, 4) is 0 Å². The van der Waals surface area contributed by atoms with Crippen LogP contribution in [0.2, 0.25) is 0 Å². The summed E-state index contributed by atoms with van der Waals surface area (Å²) < 4.78 is 0. The van der Waals surface area contributed by atoms with Gasteiger partial charge in [-0.3, -0.25) is 4.98 Å². The van der Waals surface area contributed by atoms with Crippen LogP contribution in [0, 0.1) is 5.92 Å².